The second kappa shape index (κ2) is 7.14. The van der Waals surface area contributed by atoms with E-state index in [4.69, 9.17) is 4.74 Å². The quantitative estimate of drug-likeness (QED) is 0.828. The van der Waals surface area contributed by atoms with E-state index in [9.17, 15) is 9.90 Å². The van der Waals surface area contributed by atoms with Crippen LogP contribution < -0.4 is 10.1 Å². The summed E-state index contributed by atoms with van der Waals surface area (Å²) < 4.78 is 5.63. The number of carbonyl (C=O) groups is 1. The minimum atomic E-state index is -0.581. The molecule has 0 radical (unpaired) electrons. The molecule has 1 amide bonds. The molecule has 4 heteroatoms. The molecule has 19 heavy (non-hydrogen) atoms. The number of aryl methyl sites for hydroxylation is 1. The normalized spacial score (nSPS) is 13.7. The predicted molar refractivity (Wildman–Crippen MR) is 75.1 cm³/mol. The molecule has 1 aromatic carbocycles. The van der Waals surface area contributed by atoms with Crippen molar-refractivity contribution in [3.05, 3.63) is 29.3 Å². The minimum absolute atomic E-state index is 0.100. The van der Waals surface area contributed by atoms with Crippen LogP contribution in [0.25, 0.3) is 0 Å². The maximum atomic E-state index is 11.9. The van der Waals surface area contributed by atoms with E-state index in [0.29, 0.717) is 11.3 Å². The lowest BCUT2D eigenvalue weighted by Gasteiger charge is -2.19. The largest absolute Gasteiger partial charge is 0.481 e. The van der Waals surface area contributed by atoms with Crippen molar-refractivity contribution in [3.63, 3.8) is 0 Å². The molecular formula is C15H23NO3. The molecule has 2 atom stereocenters. The third-order valence-corrected chi connectivity index (χ3v) is 3.06. The number of amides is 1. The lowest BCUT2D eigenvalue weighted by atomic mass is 10.1. The zero-order chi connectivity index (χ0) is 14.4. The Morgan fingerprint density at radius 2 is 2.11 bits per heavy atom. The summed E-state index contributed by atoms with van der Waals surface area (Å²) in [5, 5.41) is 12.2. The molecule has 0 aliphatic heterocycles. The molecule has 0 aliphatic carbocycles. The highest BCUT2D eigenvalue weighted by Crippen LogP contribution is 2.21. The van der Waals surface area contributed by atoms with E-state index in [0.717, 1.165) is 12.0 Å². The predicted octanol–water partition coefficient (Wildman–Crippen LogP) is 2.17. The summed E-state index contributed by atoms with van der Waals surface area (Å²) in [6.07, 6.45) is 0.298. The van der Waals surface area contributed by atoms with Crippen molar-refractivity contribution in [2.45, 2.75) is 52.9 Å². The van der Waals surface area contributed by atoms with Gasteiger partial charge in [0.2, 0.25) is 0 Å². The van der Waals surface area contributed by atoms with E-state index in [-0.39, 0.29) is 18.6 Å². The molecule has 2 unspecified atom stereocenters. The fourth-order valence-corrected chi connectivity index (χ4v) is 1.65. The van der Waals surface area contributed by atoms with E-state index < -0.39 is 6.10 Å². The van der Waals surface area contributed by atoms with Gasteiger partial charge in [-0.25, -0.2) is 0 Å². The molecule has 1 aromatic rings. The zero-order valence-corrected chi connectivity index (χ0v) is 12.1. The number of carbonyl (C=O) groups excluding carboxylic acids is 1. The van der Waals surface area contributed by atoms with Gasteiger partial charge in [0.25, 0.3) is 5.91 Å². The SMILES string of the molecule is CCC(C)NC(=O)C(C)Oc1ccc(C)cc1CO. The van der Waals surface area contributed by atoms with Crippen LogP contribution in [0.4, 0.5) is 0 Å². The summed E-state index contributed by atoms with van der Waals surface area (Å²) in [7, 11) is 0. The van der Waals surface area contributed by atoms with E-state index in [1.165, 1.54) is 0 Å². The fourth-order valence-electron chi connectivity index (χ4n) is 1.65. The Hall–Kier alpha value is -1.55. The first-order valence-corrected chi connectivity index (χ1v) is 6.65. The summed E-state index contributed by atoms with van der Waals surface area (Å²) in [5.74, 6) is 0.415. The highest BCUT2D eigenvalue weighted by Gasteiger charge is 2.17. The van der Waals surface area contributed by atoms with Crippen molar-refractivity contribution >= 4 is 5.91 Å². The first-order valence-electron chi connectivity index (χ1n) is 6.65. The smallest absolute Gasteiger partial charge is 0.260 e. The molecular weight excluding hydrogens is 242 g/mol. The van der Waals surface area contributed by atoms with Gasteiger partial charge in [-0.1, -0.05) is 24.6 Å². The minimum Gasteiger partial charge on any atom is -0.481 e. The summed E-state index contributed by atoms with van der Waals surface area (Å²) >= 11 is 0. The van der Waals surface area contributed by atoms with Gasteiger partial charge >= 0.3 is 0 Å². The summed E-state index contributed by atoms with van der Waals surface area (Å²) in [5.41, 5.74) is 1.75. The Morgan fingerprint density at radius 1 is 1.42 bits per heavy atom. The van der Waals surface area contributed by atoms with Crippen LogP contribution in [0.1, 0.15) is 38.3 Å². The molecule has 0 heterocycles. The van der Waals surface area contributed by atoms with Gasteiger partial charge in [-0.15, -0.1) is 0 Å². The number of hydrogen-bond acceptors (Lipinski definition) is 3. The monoisotopic (exact) mass is 265 g/mol. The number of benzene rings is 1. The van der Waals surface area contributed by atoms with Gasteiger partial charge < -0.3 is 15.2 Å². The fraction of sp³-hybridized carbons (Fsp3) is 0.533. The Morgan fingerprint density at radius 3 is 2.68 bits per heavy atom. The van der Waals surface area contributed by atoms with Crippen LogP contribution in [-0.4, -0.2) is 23.2 Å². The lowest BCUT2D eigenvalue weighted by molar-refractivity contribution is -0.127. The van der Waals surface area contributed by atoms with E-state index in [1.54, 1.807) is 13.0 Å². The van der Waals surface area contributed by atoms with Gasteiger partial charge in [0.1, 0.15) is 5.75 Å². The third-order valence-electron chi connectivity index (χ3n) is 3.06. The molecule has 0 spiro atoms. The Labute approximate surface area is 114 Å². The molecule has 0 bridgehead atoms. The third kappa shape index (κ3) is 4.56. The standard InChI is InChI=1S/C15H23NO3/c1-5-11(3)16-15(18)12(4)19-14-7-6-10(2)8-13(14)9-17/h6-8,11-12,17H,5,9H2,1-4H3,(H,16,18). The zero-order valence-electron chi connectivity index (χ0n) is 12.1. The number of nitrogens with one attached hydrogen (secondary N) is 1. The lowest BCUT2D eigenvalue weighted by Crippen LogP contribution is -2.41. The maximum Gasteiger partial charge on any atom is 0.260 e. The van der Waals surface area contributed by atoms with Crippen molar-refractivity contribution in [1.29, 1.82) is 0 Å². The van der Waals surface area contributed by atoms with Crippen molar-refractivity contribution < 1.29 is 14.6 Å². The van der Waals surface area contributed by atoms with Crippen LogP contribution in [0.2, 0.25) is 0 Å². The Kier molecular flexibility index (Phi) is 5.83. The van der Waals surface area contributed by atoms with Crippen LogP contribution in [0.5, 0.6) is 5.75 Å². The number of hydrogen-bond donors (Lipinski definition) is 2. The molecule has 0 fully saturated rings. The van der Waals surface area contributed by atoms with Crippen LogP contribution in [0.15, 0.2) is 18.2 Å². The average Bonchev–Trinajstić information content (AvgIpc) is 2.40. The molecule has 1 rings (SSSR count). The Bertz CT molecular complexity index is 431. The molecule has 4 nitrogen and oxygen atoms in total. The number of rotatable bonds is 6. The molecule has 0 saturated heterocycles. The van der Waals surface area contributed by atoms with Gasteiger partial charge in [-0.2, -0.15) is 0 Å². The van der Waals surface area contributed by atoms with Gasteiger partial charge in [0.05, 0.1) is 6.61 Å². The van der Waals surface area contributed by atoms with Crippen LogP contribution >= 0.6 is 0 Å². The Balaban J connectivity index is 2.71. The molecule has 0 aromatic heterocycles. The van der Waals surface area contributed by atoms with Gasteiger partial charge in [-0.3, -0.25) is 4.79 Å². The van der Waals surface area contributed by atoms with Crippen molar-refractivity contribution in [1.82, 2.24) is 5.32 Å². The van der Waals surface area contributed by atoms with Crippen LogP contribution in [-0.2, 0) is 11.4 Å². The topological polar surface area (TPSA) is 58.6 Å². The molecule has 2 N–H and O–H groups in total. The van der Waals surface area contributed by atoms with E-state index >= 15 is 0 Å². The van der Waals surface area contributed by atoms with Crippen molar-refractivity contribution in [2.75, 3.05) is 0 Å². The number of aliphatic hydroxyl groups excluding tert-OH is 1. The highest BCUT2D eigenvalue weighted by molar-refractivity contribution is 5.81. The first kappa shape index (κ1) is 15.5. The van der Waals surface area contributed by atoms with Crippen molar-refractivity contribution in [2.24, 2.45) is 0 Å². The van der Waals surface area contributed by atoms with Crippen LogP contribution in [0, 0.1) is 6.92 Å². The van der Waals surface area contributed by atoms with Gasteiger partial charge in [-0.05, 0) is 33.3 Å². The summed E-state index contributed by atoms with van der Waals surface area (Å²) in [6, 6.07) is 5.67. The van der Waals surface area contributed by atoms with Gasteiger partial charge in [0.15, 0.2) is 6.10 Å². The molecule has 0 saturated carbocycles. The first-order chi connectivity index (χ1) is 8.97. The number of aliphatic hydroxyl groups is 1. The number of ether oxygens (including phenoxy) is 1. The van der Waals surface area contributed by atoms with E-state index in [2.05, 4.69) is 5.32 Å². The second-order valence-electron chi connectivity index (χ2n) is 4.85. The summed E-state index contributed by atoms with van der Waals surface area (Å²) in [6.45, 7) is 7.52. The highest BCUT2D eigenvalue weighted by atomic mass is 16.5. The molecule has 0 aliphatic rings. The second-order valence-corrected chi connectivity index (χ2v) is 4.85. The molecule has 106 valence electrons. The average molecular weight is 265 g/mol. The van der Waals surface area contributed by atoms with Crippen LogP contribution in [0.3, 0.4) is 0 Å². The van der Waals surface area contributed by atoms with Gasteiger partial charge in [0, 0.05) is 11.6 Å². The van der Waals surface area contributed by atoms with Crippen molar-refractivity contribution in [3.8, 4) is 5.75 Å². The van der Waals surface area contributed by atoms with E-state index in [1.807, 2.05) is 32.9 Å². The maximum absolute atomic E-state index is 11.9. The summed E-state index contributed by atoms with van der Waals surface area (Å²) in [4.78, 5) is 11.9.